The highest BCUT2D eigenvalue weighted by molar-refractivity contribution is 14.1. The van der Waals surface area contributed by atoms with Gasteiger partial charge in [0.25, 0.3) is 0 Å². The molecule has 0 aliphatic rings. The van der Waals surface area contributed by atoms with Crippen molar-refractivity contribution in [1.82, 2.24) is 0 Å². The average Bonchev–Trinajstić information content (AvgIpc) is 2.03. The van der Waals surface area contributed by atoms with Crippen molar-refractivity contribution in [2.24, 2.45) is 0 Å². The Bertz CT molecular complexity index is 285. The van der Waals surface area contributed by atoms with Crippen molar-refractivity contribution in [3.8, 4) is 0 Å². The zero-order valence-electron chi connectivity index (χ0n) is 8.52. The average molecular weight is 306 g/mol. The molecule has 0 aliphatic carbocycles. The second-order valence-electron chi connectivity index (χ2n) is 3.65. The van der Waals surface area contributed by atoms with Gasteiger partial charge in [-0.3, -0.25) is 0 Å². The topological polar surface area (TPSA) is 0 Å². The molecule has 0 saturated heterocycles. The number of halogens is 1. The highest BCUT2D eigenvalue weighted by atomic mass is 127. The van der Waals surface area contributed by atoms with Crippen LogP contribution in [0.1, 0.15) is 25.0 Å². The van der Waals surface area contributed by atoms with Gasteiger partial charge in [-0.15, -0.1) is 0 Å². The predicted octanol–water partition coefficient (Wildman–Crippen LogP) is 4.20. The number of aryl methyl sites for hydroxylation is 1. The van der Waals surface area contributed by atoms with Crippen molar-refractivity contribution in [3.63, 3.8) is 0 Å². The third kappa shape index (κ3) is 2.40. The Morgan fingerprint density at radius 3 is 2.38 bits per heavy atom. The first-order valence-corrected chi connectivity index (χ1v) is 6.60. The molecule has 13 heavy (non-hydrogen) atoms. The first-order chi connectivity index (χ1) is 5.99. The summed E-state index contributed by atoms with van der Waals surface area (Å²) in [5.74, 6) is 0. The molecule has 1 aromatic rings. The van der Waals surface area contributed by atoms with E-state index in [4.69, 9.17) is 0 Å². The lowest BCUT2D eigenvalue weighted by Gasteiger charge is -2.26. The molecule has 1 aromatic carbocycles. The van der Waals surface area contributed by atoms with Gasteiger partial charge in [0.15, 0.2) is 0 Å². The monoisotopic (exact) mass is 306 g/mol. The molecule has 0 bridgehead atoms. The fourth-order valence-electron chi connectivity index (χ4n) is 1.50. The molecule has 0 aliphatic heterocycles. The van der Waals surface area contributed by atoms with Crippen LogP contribution in [-0.4, -0.2) is 6.26 Å². The van der Waals surface area contributed by atoms with Crippen molar-refractivity contribution in [2.45, 2.75) is 25.5 Å². The second-order valence-corrected chi connectivity index (χ2v) is 6.24. The SMILES string of the molecule is CSC(C)(C)c1c(C)cccc1I. The molecule has 0 spiro atoms. The molecule has 0 saturated carbocycles. The van der Waals surface area contributed by atoms with Gasteiger partial charge in [-0.2, -0.15) is 11.8 Å². The summed E-state index contributed by atoms with van der Waals surface area (Å²) in [5.41, 5.74) is 2.87. The van der Waals surface area contributed by atoms with Gasteiger partial charge in [0.1, 0.15) is 0 Å². The fourth-order valence-corrected chi connectivity index (χ4v) is 3.46. The van der Waals surface area contributed by atoms with E-state index in [0.29, 0.717) is 0 Å². The van der Waals surface area contributed by atoms with E-state index in [1.54, 1.807) is 0 Å². The number of thioether (sulfide) groups is 1. The van der Waals surface area contributed by atoms with Gasteiger partial charge in [-0.25, -0.2) is 0 Å². The van der Waals surface area contributed by atoms with Crippen molar-refractivity contribution >= 4 is 34.4 Å². The Labute approximate surface area is 98.6 Å². The standard InChI is InChI=1S/C11H15IS/c1-8-6-5-7-9(12)10(8)11(2,3)13-4/h5-7H,1-4H3. The van der Waals surface area contributed by atoms with Crippen LogP contribution in [0.2, 0.25) is 0 Å². The molecule has 0 N–H and O–H groups in total. The largest absolute Gasteiger partial charge is 0.154 e. The highest BCUT2D eigenvalue weighted by Gasteiger charge is 2.23. The van der Waals surface area contributed by atoms with E-state index in [2.05, 4.69) is 67.8 Å². The van der Waals surface area contributed by atoms with Crippen molar-refractivity contribution in [2.75, 3.05) is 6.26 Å². The molecule has 0 nitrogen and oxygen atoms in total. The summed E-state index contributed by atoms with van der Waals surface area (Å²) in [5, 5.41) is 0. The minimum absolute atomic E-state index is 0.224. The molecule has 0 atom stereocenters. The van der Waals surface area contributed by atoms with Gasteiger partial charge in [0, 0.05) is 8.32 Å². The van der Waals surface area contributed by atoms with Gasteiger partial charge in [0.2, 0.25) is 0 Å². The summed E-state index contributed by atoms with van der Waals surface area (Å²) >= 11 is 4.32. The summed E-state index contributed by atoms with van der Waals surface area (Å²) in [4.78, 5) is 0. The van der Waals surface area contributed by atoms with E-state index in [9.17, 15) is 0 Å². The normalized spacial score (nSPS) is 11.8. The maximum absolute atomic E-state index is 2.42. The Hall–Kier alpha value is 0.300. The van der Waals surface area contributed by atoms with E-state index in [-0.39, 0.29) is 4.75 Å². The van der Waals surface area contributed by atoms with Crippen LogP contribution in [0.3, 0.4) is 0 Å². The van der Waals surface area contributed by atoms with E-state index in [1.165, 1.54) is 14.7 Å². The Balaban J connectivity index is 3.28. The summed E-state index contributed by atoms with van der Waals surface area (Å²) in [6, 6.07) is 6.49. The number of hydrogen-bond acceptors (Lipinski definition) is 1. The fraction of sp³-hybridized carbons (Fsp3) is 0.455. The van der Waals surface area contributed by atoms with Crippen LogP contribution < -0.4 is 0 Å². The molecule has 0 fully saturated rings. The second kappa shape index (κ2) is 4.22. The molecule has 2 heteroatoms. The first kappa shape index (κ1) is 11.4. The van der Waals surface area contributed by atoms with Crippen LogP contribution in [0.15, 0.2) is 18.2 Å². The highest BCUT2D eigenvalue weighted by Crippen LogP contribution is 2.38. The Morgan fingerprint density at radius 2 is 1.92 bits per heavy atom. The summed E-state index contributed by atoms with van der Waals surface area (Å²) in [6.45, 7) is 6.75. The van der Waals surface area contributed by atoms with Gasteiger partial charge >= 0.3 is 0 Å². The van der Waals surface area contributed by atoms with Crippen molar-refractivity contribution in [1.29, 1.82) is 0 Å². The quantitative estimate of drug-likeness (QED) is 0.738. The van der Waals surface area contributed by atoms with Crippen LogP contribution in [-0.2, 0) is 4.75 Å². The van der Waals surface area contributed by atoms with Gasteiger partial charge in [0.05, 0.1) is 0 Å². The summed E-state index contributed by atoms with van der Waals surface area (Å²) < 4.78 is 1.60. The predicted molar refractivity (Wildman–Crippen MR) is 70.4 cm³/mol. The lowest BCUT2D eigenvalue weighted by Crippen LogP contribution is -2.14. The molecule has 0 radical (unpaired) electrons. The van der Waals surface area contributed by atoms with E-state index >= 15 is 0 Å². The lowest BCUT2D eigenvalue weighted by molar-refractivity contribution is 0.772. The zero-order valence-corrected chi connectivity index (χ0v) is 11.5. The molecule has 0 heterocycles. The minimum atomic E-state index is 0.224. The van der Waals surface area contributed by atoms with Crippen LogP contribution in [0.4, 0.5) is 0 Å². The molecule has 0 aromatic heterocycles. The van der Waals surface area contributed by atoms with Crippen molar-refractivity contribution < 1.29 is 0 Å². The van der Waals surface area contributed by atoms with E-state index in [1.807, 2.05) is 11.8 Å². The maximum atomic E-state index is 2.42. The van der Waals surface area contributed by atoms with Crippen molar-refractivity contribution in [3.05, 3.63) is 32.9 Å². The maximum Gasteiger partial charge on any atom is 0.0362 e. The lowest BCUT2D eigenvalue weighted by atomic mass is 9.97. The zero-order chi connectivity index (χ0) is 10.1. The molecular weight excluding hydrogens is 291 g/mol. The number of hydrogen-bond donors (Lipinski definition) is 0. The molecule has 72 valence electrons. The molecule has 0 amide bonds. The van der Waals surface area contributed by atoms with E-state index in [0.717, 1.165) is 0 Å². The third-order valence-corrected chi connectivity index (χ3v) is 4.46. The number of benzene rings is 1. The first-order valence-electron chi connectivity index (χ1n) is 4.30. The molecule has 1 rings (SSSR count). The van der Waals surface area contributed by atoms with Crippen LogP contribution in [0.25, 0.3) is 0 Å². The van der Waals surface area contributed by atoms with Gasteiger partial charge < -0.3 is 0 Å². The molecular formula is C11H15IS. The van der Waals surface area contributed by atoms with Crippen LogP contribution >= 0.6 is 34.4 Å². The molecule has 0 unspecified atom stereocenters. The van der Waals surface area contributed by atoms with Gasteiger partial charge in [-0.1, -0.05) is 12.1 Å². The smallest absolute Gasteiger partial charge is 0.0362 e. The minimum Gasteiger partial charge on any atom is -0.154 e. The van der Waals surface area contributed by atoms with Crippen LogP contribution in [0, 0.1) is 10.5 Å². The summed E-state index contributed by atoms with van der Waals surface area (Å²) in [6.07, 6.45) is 2.17. The number of rotatable bonds is 2. The summed E-state index contributed by atoms with van der Waals surface area (Å²) in [7, 11) is 0. The van der Waals surface area contributed by atoms with Crippen LogP contribution in [0.5, 0.6) is 0 Å². The van der Waals surface area contributed by atoms with E-state index < -0.39 is 0 Å². The van der Waals surface area contributed by atoms with Gasteiger partial charge in [-0.05, 0) is 66.8 Å². The Morgan fingerprint density at radius 1 is 1.31 bits per heavy atom. The third-order valence-electron chi connectivity index (χ3n) is 2.33. The Kier molecular flexibility index (Phi) is 3.69.